The first-order chi connectivity index (χ1) is 19.3. The highest BCUT2D eigenvalue weighted by Crippen LogP contribution is 2.34. The quantitative estimate of drug-likeness (QED) is 0.214. The third-order valence-electron chi connectivity index (χ3n) is 7.21. The Morgan fingerprint density at radius 3 is 1.49 bits per heavy atom. The number of benzene rings is 5. The fraction of sp³-hybridized carbons (Fsp3) is 0.0526. The SMILES string of the molecule is C1=C(/C=C/c2ccc(N(c3ccccc3)c3ccccc3)cc2)CCC(c2ccc(-c3ccccc3)cc2)=C1. The van der Waals surface area contributed by atoms with E-state index >= 15 is 0 Å². The van der Waals surface area contributed by atoms with E-state index in [1.54, 1.807) is 0 Å². The molecular weight excluding hydrogens is 470 g/mol. The molecule has 0 unspecified atom stereocenters. The predicted molar refractivity (Wildman–Crippen MR) is 167 cm³/mol. The second kappa shape index (κ2) is 11.7. The summed E-state index contributed by atoms with van der Waals surface area (Å²) in [4.78, 5) is 2.29. The van der Waals surface area contributed by atoms with Crippen LogP contribution < -0.4 is 4.90 Å². The Balaban J connectivity index is 1.15. The second-order valence-electron chi connectivity index (χ2n) is 9.81. The van der Waals surface area contributed by atoms with Crippen molar-refractivity contribution in [2.24, 2.45) is 0 Å². The molecule has 0 heterocycles. The van der Waals surface area contributed by atoms with E-state index in [4.69, 9.17) is 0 Å². The average molecular weight is 502 g/mol. The van der Waals surface area contributed by atoms with Crippen LogP contribution in [0.5, 0.6) is 0 Å². The van der Waals surface area contributed by atoms with Gasteiger partial charge in [0.05, 0.1) is 0 Å². The number of para-hydroxylation sites is 2. The molecule has 0 spiro atoms. The van der Waals surface area contributed by atoms with Crippen LogP contribution in [0, 0.1) is 0 Å². The molecule has 0 N–H and O–H groups in total. The van der Waals surface area contributed by atoms with Gasteiger partial charge in [-0.1, -0.05) is 127 Å². The van der Waals surface area contributed by atoms with Crippen LogP contribution in [-0.4, -0.2) is 0 Å². The maximum Gasteiger partial charge on any atom is 0.0462 e. The molecule has 5 aromatic carbocycles. The van der Waals surface area contributed by atoms with Gasteiger partial charge in [-0.3, -0.25) is 0 Å². The topological polar surface area (TPSA) is 3.24 Å². The summed E-state index contributed by atoms with van der Waals surface area (Å²) in [6, 6.07) is 49.3. The average Bonchev–Trinajstić information content (AvgIpc) is 3.03. The molecule has 0 aliphatic heterocycles. The highest BCUT2D eigenvalue weighted by Gasteiger charge is 2.11. The molecule has 39 heavy (non-hydrogen) atoms. The zero-order valence-electron chi connectivity index (χ0n) is 21.9. The van der Waals surface area contributed by atoms with Gasteiger partial charge in [-0.15, -0.1) is 0 Å². The minimum Gasteiger partial charge on any atom is -0.311 e. The van der Waals surface area contributed by atoms with Crippen molar-refractivity contribution in [3.05, 3.63) is 174 Å². The van der Waals surface area contributed by atoms with Crippen molar-refractivity contribution in [1.29, 1.82) is 0 Å². The fourth-order valence-electron chi connectivity index (χ4n) is 5.08. The van der Waals surface area contributed by atoms with Crippen LogP contribution in [0.4, 0.5) is 17.1 Å². The summed E-state index contributed by atoms with van der Waals surface area (Å²) < 4.78 is 0. The van der Waals surface area contributed by atoms with Crippen LogP contribution in [-0.2, 0) is 0 Å². The molecule has 0 saturated carbocycles. The molecule has 1 heteroatoms. The standard InChI is InChI=1S/C38H31N/c1-4-10-32(11-5-1)34-24-26-35(27-25-34)33-22-18-30(19-23-33)16-17-31-20-28-38(29-21-31)39(36-12-6-2-7-13-36)37-14-8-3-9-15-37/h1-18,20-22,24-29H,19,23H2/b17-16+. The molecule has 6 rings (SSSR count). The summed E-state index contributed by atoms with van der Waals surface area (Å²) in [5.41, 5.74) is 11.2. The summed E-state index contributed by atoms with van der Waals surface area (Å²) in [6.07, 6.45) is 11.1. The van der Waals surface area contributed by atoms with Crippen molar-refractivity contribution in [1.82, 2.24) is 0 Å². The third-order valence-corrected chi connectivity index (χ3v) is 7.21. The van der Waals surface area contributed by atoms with Gasteiger partial charge in [-0.2, -0.15) is 0 Å². The highest BCUT2D eigenvalue weighted by atomic mass is 15.1. The minimum absolute atomic E-state index is 1.05. The highest BCUT2D eigenvalue weighted by molar-refractivity contribution is 5.77. The molecule has 1 aliphatic rings. The lowest BCUT2D eigenvalue weighted by molar-refractivity contribution is 1.01. The second-order valence-corrected chi connectivity index (χ2v) is 9.81. The van der Waals surface area contributed by atoms with Crippen LogP contribution in [0.3, 0.4) is 0 Å². The van der Waals surface area contributed by atoms with Gasteiger partial charge in [-0.05, 0) is 82.6 Å². The zero-order chi connectivity index (χ0) is 26.3. The number of anilines is 3. The lowest BCUT2D eigenvalue weighted by Gasteiger charge is -2.25. The Hall–Kier alpha value is -4.88. The number of rotatable bonds is 7. The van der Waals surface area contributed by atoms with Gasteiger partial charge in [0.25, 0.3) is 0 Å². The molecule has 0 amide bonds. The van der Waals surface area contributed by atoms with Crippen molar-refractivity contribution in [2.75, 3.05) is 4.90 Å². The maximum atomic E-state index is 2.29. The van der Waals surface area contributed by atoms with Gasteiger partial charge in [0.15, 0.2) is 0 Å². The molecule has 188 valence electrons. The molecule has 1 aliphatic carbocycles. The summed E-state index contributed by atoms with van der Waals surface area (Å²) in [5, 5.41) is 0. The van der Waals surface area contributed by atoms with Crippen LogP contribution in [0.25, 0.3) is 22.8 Å². The molecular formula is C38H31N. The van der Waals surface area contributed by atoms with Gasteiger partial charge in [0.2, 0.25) is 0 Å². The van der Waals surface area contributed by atoms with Gasteiger partial charge >= 0.3 is 0 Å². The Kier molecular flexibility index (Phi) is 7.32. The third kappa shape index (κ3) is 5.84. The number of hydrogen-bond donors (Lipinski definition) is 0. The number of allylic oxidation sites excluding steroid dienone is 5. The van der Waals surface area contributed by atoms with E-state index in [1.807, 2.05) is 0 Å². The monoisotopic (exact) mass is 501 g/mol. The minimum atomic E-state index is 1.05. The van der Waals surface area contributed by atoms with E-state index in [1.165, 1.54) is 33.4 Å². The maximum absolute atomic E-state index is 2.29. The number of nitrogens with zero attached hydrogens (tertiary/aromatic N) is 1. The summed E-state index contributed by atoms with van der Waals surface area (Å²) >= 11 is 0. The first-order valence-electron chi connectivity index (χ1n) is 13.6. The summed E-state index contributed by atoms with van der Waals surface area (Å²) in [5.74, 6) is 0. The van der Waals surface area contributed by atoms with E-state index in [0.29, 0.717) is 0 Å². The Bertz CT molecular complexity index is 1550. The fourth-order valence-corrected chi connectivity index (χ4v) is 5.08. The van der Waals surface area contributed by atoms with E-state index in [2.05, 4.69) is 169 Å². The first-order valence-corrected chi connectivity index (χ1v) is 13.6. The number of hydrogen-bond acceptors (Lipinski definition) is 1. The van der Waals surface area contributed by atoms with E-state index in [-0.39, 0.29) is 0 Å². The van der Waals surface area contributed by atoms with E-state index < -0.39 is 0 Å². The molecule has 1 nitrogen and oxygen atoms in total. The van der Waals surface area contributed by atoms with Gasteiger partial charge in [0, 0.05) is 17.1 Å². The largest absolute Gasteiger partial charge is 0.311 e. The van der Waals surface area contributed by atoms with E-state index in [9.17, 15) is 0 Å². The van der Waals surface area contributed by atoms with Crippen molar-refractivity contribution in [3.63, 3.8) is 0 Å². The summed E-state index contributed by atoms with van der Waals surface area (Å²) in [6.45, 7) is 0. The van der Waals surface area contributed by atoms with Gasteiger partial charge < -0.3 is 4.90 Å². The van der Waals surface area contributed by atoms with Crippen LogP contribution >= 0.6 is 0 Å². The zero-order valence-corrected chi connectivity index (χ0v) is 21.9. The Morgan fingerprint density at radius 2 is 0.923 bits per heavy atom. The molecule has 0 aromatic heterocycles. The molecule has 0 atom stereocenters. The molecule has 0 saturated heterocycles. The lowest BCUT2D eigenvalue weighted by atomic mass is 9.92. The van der Waals surface area contributed by atoms with Crippen molar-refractivity contribution in [2.45, 2.75) is 12.8 Å². The van der Waals surface area contributed by atoms with E-state index in [0.717, 1.165) is 29.9 Å². The lowest BCUT2D eigenvalue weighted by Crippen LogP contribution is -2.09. The van der Waals surface area contributed by atoms with Crippen molar-refractivity contribution < 1.29 is 0 Å². The molecule has 5 aromatic rings. The van der Waals surface area contributed by atoms with Gasteiger partial charge in [0.1, 0.15) is 0 Å². The predicted octanol–water partition coefficient (Wildman–Crippen LogP) is 10.6. The Labute approximate surface area is 231 Å². The van der Waals surface area contributed by atoms with Gasteiger partial charge in [-0.25, -0.2) is 0 Å². The normalized spacial score (nSPS) is 13.1. The Morgan fingerprint density at radius 1 is 0.410 bits per heavy atom. The summed E-state index contributed by atoms with van der Waals surface area (Å²) in [7, 11) is 0. The molecule has 0 radical (unpaired) electrons. The van der Waals surface area contributed by atoms with Crippen LogP contribution in [0.2, 0.25) is 0 Å². The smallest absolute Gasteiger partial charge is 0.0462 e. The van der Waals surface area contributed by atoms with Crippen molar-refractivity contribution >= 4 is 28.7 Å². The first kappa shape index (κ1) is 24.5. The van der Waals surface area contributed by atoms with Crippen LogP contribution in [0.15, 0.2) is 163 Å². The van der Waals surface area contributed by atoms with Crippen LogP contribution in [0.1, 0.15) is 24.0 Å². The van der Waals surface area contributed by atoms with Crippen molar-refractivity contribution in [3.8, 4) is 11.1 Å². The molecule has 0 fully saturated rings. The molecule has 0 bridgehead atoms.